The number of aromatic nitrogens is 2. The quantitative estimate of drug-likeness (QED) is 0.820. The van der Waals surface area contributed by atoms with Gasteiger partial charge in [-0.05, 0) is 33.8 Å². The normalized spacial score (nSPS) is 10.1. The van der Waals surface area contributed by atoms with Crippen LogP contribution in [-0.4, -0.2) is 38.8 Å². The third-order valence-corrected chi connectivity index (χ3v) is 2.69. The molecule has 0 aliphatic carbocycles. The summed E-state index contributed by atoms with van der Waals surface area (Å²) in [5.74, 6) is -0.470. The zero-order chi connectivity index (χ0) is 15.3. The lowest BCUT2D eigenvalue weighted by atomic mass is 10.2. The monoisotopic (exact) mass is 280 g/mol. The lowest BCUT2D eigenvalue weighted by Gasteiger charge is -2.05. The maximum atomic E-state index is 11.6. The molecule has 0 aliphatic heterocycles. The Morgan fingerprint density at radius 2 is 2.00 bits per heavy atom. The van der Waals surface area contributed by atoms with E-state index in [2.05, 4.69) is 4.98 Å². The van der Waals surface area contributed by atoms with E-state index in [-0.39, 0.29) is 12.4 Å². The second-order valence-corrected chi connectivity index (χ2v) is 4.13. The highest BCUT2D eigenvalue weighted by Gasteiger charge is 2.14. The first-order valence-electron chi connectivity index (χ1n) is 6.42. The summed E-state index contributed by atoms with van der Waals surface area (Å²) < 4.78 is 6.59. The Balaban J connectivity index is 0.000000612. The predicted octanol–water partition coefficient (Wildman–Crippen LogP) is 1.83. The van der Waals surface area contributed by atoms with E-state index in [4.69, 9.17) is 9.84 Å². The molecule has 0 fully saturated rings. The first-order chi connectivity index (χ1) is 9.46. The van der Waals surface area contributed by atoms with Gasteiger partial charge in [0.1, 0.15) is 0 Å². The van der Waals surface area contributed by atoms with Crippen LogP contribution in [-0.2, 0) is 4.74 Å². The highest BCUT2D eigenvalue weighted by molar-refractivity contribution is 5.90. The van der Waals surface area contributed by atoms with Crippen molar-refractivity contribution in [3.8, 4) is 5.75 Å². The van der Waals surface area contributed by atoms with E-state index in [1.165, 1.54) is 6.07 Å². The van der Waals surface area contributed by atoms with Crippen LogP contribution in [0, 0.1) is 13.8 Å². The molecule has 0 unspecified atom stereocenters. The number of aryl methyl sites for hydroxylation is 2. The van der Waals surface area contributed by atoms with Crippen LogP contribution in [0.3, 0.4) is 0 Å². The molecule has 110 valence electrons. The van der Waals surface area contributed by atoms with E-state index in [0.29, 0.717) is 17.8 Å². The SMILES string of the molecule is CCO.CCOC(=O)c1cc(O)c2nc(C)c(C)n2c1. The molecular formula is C14H20N2O4. The number of esters is 1. The Morgan fingerprint density at radius 3 is 2.55 bits per heavy atom. The van der Waals surface area contributed by atoms with Crippen LogP contribution in [0.1, 0.15) is 35.6 Å². The number of carbonyl (C=O) groups is 1. The Bertz CT molecular complexity index is 605. The van der Waals surface area contributed by atoms with Gasteiger partial charge in [0, 0.05) is 18.5 Å². The van der Waals surface area contributed by atoms with Crippen molar-refractivity contribution >= 4 is 11.6 Å². The number of aromatic hydroxyl groups is 1. The van der Waals surface area contributed by atoms with Crippen molar-refractivity contribution in [2.75, 3.05) is 13.2 Å². The number of pyridine rings is 1. The van der Waals surface area contributed by atoms with Gasteiger partial charge in [0.2, 0.25) is 0 Å². The molecular weight excluding hydrogens is 260 g/mol. The van der Waals surface area contributed by atoms with Crippen molar-refractivity contribution in [3.05, 3.63) is 29.2 Å². The minimum absolute atomic E-state index is 0.0215. The van der Waals surface area contributed by atoms with Gasteiger partial charge in [0.25, 0.3) is 0 Å². The molecule has 2 N–H and O–H groups in total. The molecule has 0 spiro atoms. The van der Waals surface area contributed by atoms with Gasteiger partial charge < -0.3 is 19.4 Å². The molecule has 0 aliphatic rings. The Hall–Kier alpha value is -2.08. The van der Waals surface area contributed by atoms with E-state index >= 15 is 0 Å². The van der Waals surface area contributed by atoms with Crippen LogP contribution in [0.15, 0.2) is 12.3 Å². The molecule has 0 saturated carbocycles. The number of carbonyl (C=O) groups excluding carboxylic acids is 1. The molecule has 2 rings (SSSR count). The van der Waals surface area contributed by atoms with Crippen molar-refractivity contribution in [1.82, 2.24) is 9.38 Å². The molecule has 2 aromatic heterocycles. The number of aliphatic hydroxyl groups is 1. The smallest absolute Gasteiger partial charge is 0.339 e. The molecule has 20 heavy (non-hydrogen) atoms. The van der Waals surface area contributed by atoms with E-state index in [1.54, 1.807) is 24.4 Å². The molecule has 0 atom stereocenters. The number of hydrogen-bond acceptors (Lipinski definition) is 5. The van der Waals surface area contributed by atoms with Crippen molar-refractivity contribution in [2.24, 2.45) is 0 Å². The van der Waals surface area contributed by atoms with Gasteiger partial charge >= 0.3 is 5.97 Å². The van der Waals surface area contributed by atoms with Gasteiger partial charge in [-0.2, -0.15) is 0 Å². The van der Waals surface area contributed by atoms with Crippen molar-refractivity contribution < 1.29 is 19.7 Å². The number of fused-ring (bicyclic) bond motifs is 1. The van der Waals surface area contributed by atoms with E-state index < -0.39 is 5.97 Å². The average molecular weight is 280 g/mol. The predicted molar refractivity (Wildman–Crippen MR) is 75.0 cm³/mol. The molecule has 0 bridgehead atoms. The Morgan fingerprint density at radius 1 is 1.40 bits per heavy atom. The van der Waals surface area contributed by atoms with Gasteiger partial charge in [0.15, 0.2) is 11.4 Å². The Labute approximate surface area is 117 Å². The standard InChI is InChI=1S/C12H14N2O3.C2H6O/c1-4-17-12(16)9-5-10(15)11-13-7(2)8(3)14(11)6-9;1-2-3/h5-6,15H,4H2,1-3H3;3H,2H2,1H3. The van der Waals surface area contributed by atoms with Crippen LogP contribution < -0.4 is 0 Å². The van der Waals surface area contributed by atoms with Crippen LogP contribution in [0.2, 0.25) is 0 Å². The molecule has 2 heterocycles. The topological polar surface area (TPSA) is 84.1 Å². The van der Waals surface area contributed by atoms with Gasteiger partial charge in [0.05, 0.1) is 17.9 Å². The van der Waals surface area contributed by atoms with Gasteiger partial charge in [-0.25, -0.2) is 9.78 Å². The zero-order valence-electron chi connectivity index (χ0n) is 12.2. The fourth-order valence-corrected chi connectivity index (χ4v) is 1.68. The molecule has 6 nitrogen and oxygen atoms in total. The van der Waals surface area contributed by atoms with Crippen LogP contribution in [0.5, 0.6) is 5.75 Å². The second-order valence-electron chi connectivity index (χ2n) is 4.13. The van der Waals surface area contributed by atoms with Crippen LogP contribution in [0.25, 0.3) is 5.65 Å². The molecule has 0 aromatic carbocycles. The number of imidazole rings is 1. The summed E-state index contributed by atoms with van der Waals surface area (Å²) in [6.45, 7) is 7.71. The number of nitrogens with zero attached hydrogens (tertiary/aromatic N) is 2. The first kappa shape index (κ1) is 16.0. The lowest BCUT2D eigenvalue weighted by Crippen LogP contribution is -2.06. The third kappa shape index (κ3) is 3.27. The zero-order valence-corrected chi connectivity index (χ0v) is 12.2. The van der Waals surface area contributed by atoms with Crippen molar-refractivity contribution in [1.29, 1.82) is 0 Å². The molecule has 0 amide bonds. The summed E-state index contributed by atoms with van der Waals surface area (Å²) in [6, 6.07) is 1.37. The summed E-state index contributed by atoms with van der Waals surface area (Å²) in [6.07, 6.45) is 1.63. The highest BCUT2D eigenvalue weighted by atomic mass is 16.5. The second kappa shape index (κ2) is 6.91. The summed E-state index contributed by atoms with van der Waals surface area (Å²) in [7, 11) is 0. The largest absolute Gasteiger partial charge is 0.504 e. The minimum atomic E-state index is -0.449. The number of hydrogen-bond donors (Lipinski definition) is 2. The van der Waals surface area contributed by atoms with Gasteiger partial charge in [-0.15, -0.1) is 0 Å². The van der Waals surface area contributed by atoms with Gasteiger partial charge in [-0.1, -0.05) is 0 Å². The number of rotatable bonds is 2. The Kier molecular flexibility index (Phi) is 5.52. The van der Waals surface area contributed by atoms with E-state index in [1.807, 2.05) is 13.8 Å². The minimum Gasteiger partial charge on any atom is -0.504 e. The van der Waals surface area contributed by atoms with Crippen molar-refractivity contribution in [3.63, 3.8) is 0 Å². The van der Waals surface area contributed by atoms with E-state index in [9.17, 15) is 9.90 Å². The molecule has 0 radical (unpaired) electrons. The average Bonchev–Trinajstić information content (AvgIpc) is 2.68. The fourth-order valence-electron chi connectivity index (χ4n) is 1.68. The highest BCUT2D eigenvalue weighted by Crippen LogP contribution is 2.22. The maximum Gasteiger partial charge on any atom is 0.339 e. The van der Waals surface area contributed by atoms with Gasteiger partial charge in [-0.3, -0.25) is 0 Å². The molecule has 2 aromatic rings. The number of ether oxygens (including phenoxy) is 1. The number of aliphatic hydroxyl groups excluding tert-OH is 1. The summed E-state index contributed by atoms with van der Waals surface area (Å²) in [4.78, 5) is 15.8. The molecule has 0 saturated heterocycles. The summed E-state index contributed by atoms with van der Waals surface area (Å²) >= 11 is 0. The summed E-state index contributed by atoms with van der Waals surface area (Å²) in [5.41, 5.74) is 2.48. The maximum absolute atomic E-state index is 11.6. The summed E-state index contributed by atoms with van der Waals surface area (Å²) in [5, 5.41) is 17.4. The van der Waals surface area contributed by atoms with Crippen LogP contribution >= 0.6 is 0 Å². The lowest BCUT2D eigenvalue weighted by molar-refractivity contribution is 0.0525. The molecule has 6 heteroatoms. The van der Waals surface area contributed by atoms with E-state index in [0.717, 1.165) is 11.4 Å². The third-order valence-electron chi connectivity index (χ3n) is 2.69. The fraction of sp³-hybridized carbons (Fsp3) is 0.429. The first-order valence-corrected chi connectivity index (χ1v) is 6.42. The van der Waals surface area contributed by atoms with Crippen LogP contribution in [0.4, 0.5) is 0 Å². The van der Waals surface area contributed by atoms with Crippen molar-refractivity contribution in [2.45, 2.75) is 27.7 Å².